The fraction of sp³-hybridized carbons (Fsp3) is 0.0294. The number of hydrogen-bond donors (Lipinski definition) is 0. The van der Waals surface area contributed by atoms with E-state index in [2.05, 4.69) is 272 Å². The van der Waals surface area contributed by atoms with Crippen LogP contribution in [0.15, 0.2) is 277 Å². The second-order valence-corrected chi connectivity index (χ2v) is 18.7. The summed E-state index contributed by atoms with van der Waals surface area (Å²) >= 11 is 0. The lowest BCUT2D eigenvalue weighted by atomic mass is 9.67. The van der Waals surface area contributed by atoms with Crippen LogP contribution in [0.5, 0.6) is 0 Å². The standard InChI is InChI=1S/C68H45NO/c1-5-20-47(21-6-1)67(48-22-7-2-8-23-48)61-33-16-13-28-55(61)59-44-52(40-42-63(59)67)69(51-38-36-46(37-39-51)54-31-19-32-58-57-30-15-18-35-65(57)70-66(54)58)53-41-43-64-60(45-53)56-29-14-17-34-62(56)68(64,49-24-9-3-10-25-49)50-26-11-4-12-27-50/h1-45H. The van der Waals surface area contributed by atoms with Crippen molar-refractivity contribution in [2.45, 2.75) is 10.8 Å². The molecule has 0 saturated heterocycles. The van der Waals surface area contributed by atoms with Crippen molar-refractivity contribution < 1.29 is 4.42 Å². The molecule has 328 valence electrons. The zero-order valence-electron chi connectivity index (χ0n) is 38.3. The Bertz CT molecular complexity index is 3670. The first-order chi connectivity index (χ1) is 34.7. The Morgan fingerprint density at radius 2 is 0.657 bits per heavy atom. The predicted molar refractivity (Wildman–Crippen MR) is 288 cm³/mol. The van der Waals surface area contributed by atoms with Gasteiger partial charge in [-0.25, -0.2) is 0 Å². The second kappa shape index (κ2) is 15.8. The summed E-state index contributed by atoms with van der Waals surface area (Å²) in [7, 11) is 0. The Hall–Kier alpha value is -8.98. The quantitative estimate of drug-likeness (QED) is 0.151. The first-order valence-electron chi connectivity index (χ1n) is 24.2. The van der Waals surface area contributed by atoms with Crippen LogP contribution < -0.4 is 4.90 Å². The van der Waals surface area contributed by atoms with Gasteiger partial charge >= 0.3 is 0 Å². The van der Waals surface area contributed by atoms with Crippen LogP contribution in [0.3, 0.4) is 0 Å². The Morgan fingerprint density at radius 3 is 1.16 bits per heavy atom. The number of benzene rings is 11. The molecule has 2 heteroatoms. The van der Waals surface area contributed by atoms with E-state index in [9.17, 15) is 0 Å². The topological polar surface area (TPSA) is 16.4 Å². The number of rotatable bonds is 8. The van der Waals surface area contributed by atoms with Gasteiger partial charge < -0.3 is 9.32 Å². The fourth-order valence-corrected chi connectivity index (χ4v) is 12.4. The molecule has 1 heterocycles. The third-order valence-corrected chi connectivity index (χ3v) is 15.2. The number of nitrogens with zero attached hydrogens (tertiary/aromatic N) is 1. The molecule has 2 aliphatic carbocycles. The zero-order valence-corrected chi connectivity index (χ0v) is 38.3. The molecule has 12 aromatic rings. The van der Waals surface area contributed by atoms with Crippen molar-refractivity contribution >= 4 is 39.0 Å². The van der Waals surface area contributed by atoms with E-state index in [1.165, 1.54) is 66.8 Å². The van der Waals surface area contributed by atoms with E-state index in [1.807, 2.05) is 6.07 Å². The smallest absolute Gasteiger partial charge is 0.143 e. The number of para-hydroxylation sites is 2. The van der Waals surface area contributed by atoms with Crippen LogP contribution in [0.1, 0.15) is 44.5 Å². The van der Waals surface area contributed by atoms with Gasteiger partial charge in [-0.3, -0.25) is 0 Å². The van der Waals surface area contributed by atoms with Crippen LogP contribution in [0.25, 0.3) is 55.3 Å². The molecular weight excluding hydrogens is 847 g/mol. The molecule has 70 heavy (non-hydrogen) atoms. The molecule has 0 saturated carbocycles. The van der Waals surface area contributed by atoms with Gasteiger partial charge in [-0.05, 0) is 115 Å². The summed E-state index contributed by atoms with van der Waals surface area (Å²) in [5.41, 5.74) is 21.4. The molecule has 0 fully saturated rings. The van der Waals surface area contributed by atoms with Gasteiger partial charge in [-0.15, -0.1) is 0 Å². The normalized spacial score (nSPS) is 13.7. The molecule has 0 amide bonds. The van der Waals surface area contributed by atoms with E-state index >= 15 is 0 Å². The maximum absolute atomic E-state index is 6.55. The summed E-state index contributed by atoms with van der Waals surface area (Å²) < 4.78 is 6.55. The summed E-state index contributed by atoms with van der Waals surface area (Å²) in [5.74, 6) is 0. The van der Waals surface area contributed by atoms with Gasteiger partial charge in [0.1, 0.15) is 11.2 Å². The van der Waals surface area contributed by atoms with Crippen molar-refractivity contribution in [3.63, 3.8) is 0 Å². The minimum absolute atomic E-state index is 0.493. The van der Waals surface area contributed by atoms with Crippen molar-refractivity contribution in [1.82, 2.24) is 0 Å². The predicted octanol–water partition coefficient (Wildman–Crippen LogP) is 17.4. The zero-order chi connectivity index (χ0) is 46.2. The molecule has 0 aliphatic heterocycles. The Kier molecular flexibility index (Phi) is 9.06. The summed E-state index contributed by atoms with van der Waals surface area (Å²) in [6, 6.07) is 100. The van der Waals surface area contributed by atoms with Gasteiger partial charge in [0.05, 0.1) is 10.8 Å². The van der Waals surface area contributed by atoms with Gasteiger partial charge in [-0.1, -0.05) is 231 Å². The highest BCUT2D eigenvalue weighted by Crippen LogP contribution is 2.59. The highest BCUT2D eigenvalue weighted by atomic mass is 16.3. The monoisotopic (exact) mass is 891 g/mol. The van der Waals surface area contributed by atoms with Gasteiger partial charge in [0.25, 0.3) is 0 Å². The molecule has 0 atom stereocenters. The first kappa shape index (κ1) is 40.1. The van der Waals surface area contributed by atoms with Crippen LogP contribution in [0.2, 0.25) is 0 Å². The maximum Gasteiger partial charge on any atom is 0.143 e. The molecule has 0 unspecified atom stereocenters. The lowest BCUT2D eigenvalue weighted by Gasteiger charge is -2.34. The maximum atomic E-state index is 6.55. The van der Waals surface area contributed by atoms with Crippen LogP contribution in [0, 0.1) is 0 Å². The van der Waals surface area contributed by atoms with E-state index in [0.29, 0.717) is 0 Å². The van der Waals surface area contributed by atoms with E-state index in [0.717, 1.165) is 50.1 Å². The Morgan fingerprint density at radius 1 is 0.271 bits per heavy atom. The van der Waals surface area contributed by atoms with Gasteiger partial charge in [0, 0.05) is 33.4 Å². The SMILES string of the molecule is c1ccc(C2(c3ccccc3)c3ccccc3-c3cc(N(c4ccc(-c5cccc6c5oc5ccccc56)cc4)c4ccc5c(c4)-c4ccccc4C5(c4ccccc4)c4ccccc4)ccc32)cc1. The third kappa shape index (κ3) is 5.74. The van der Waals surface area contributed by atoms with Gasteiger partial charge in [0.15, 0.2) is 0 Å². The van der Waals surface area contributed by atoms with Crippen molar-refractivity contribution in [3.8, 4) is 33.4 Å². The molecule has 1 aromatic heterocycles. The molecule has 0 spiro atoms. The van der Waals surface area contributed by atoms with Gasteiger partial charge in [-0.2, -0.15) is 0 Å². The molecule has 14 rings (SSSR count). The Labute approximate surface area is 408 Å². The minimum atomic E-state index is -0.493. The molecule has 0 radical (unpaired) electrons. The summed E-state index contributed by atoms with van der Waals surface area (Å²) in [4.78, 5) is 2.45. The average Bonchev–Trinajstić information content (AvgIpc) is 4.07. The van der Waals surface area contributed by atoms with Crippen molar-refractivity contribution in [2.75, 3.05) is 4.90 Å². The van der Waals surface area contributed by atoms with Crippen molar-refractivity contribution in [1.29, 1.82) is 0 Å². The minimum Gasteiger partial charge on any atom is -0.455 e. The van der Waals surface area contributed by atoms with E-state index < -0.39 is 10.8 Å². The lowest BCUT2D eigenvalue weighted by molar-refractivity contribution is 0.670. The van der Waals surface area contributed by atoms with E-state index in [-0.39, 0.29) is 0 Å². The average molecular weight is 892 g/mol. The molecule has 0 N–H and O–H groups in total. The Balaban J connectivity index is 0.993. The molecule has 0 bridgehead atoms. The second-order valence-electron chi connectivity index (χ2n) is 18.7. The summed E-state index contributed by atoms with van der Waals surface area (Å²) in [6.07, 6.45) is 0. The molecule has 11 aromatic carbocycles. The molecule has 2 nitrogen and oxygen atoms in total. The number of furan rings is 1. The van der Waals surface area contributed by atoms with Crippen molar-refractivity contribution in [2.24, 2.45) is 0 Å². The van der Waals surface area contributed by atoms with Crippen LogP contribution in [0.4, 0.5) is 17.1 Å². The first-order valence-corrected chi connectivity index (χ1v) is 24.2. The molecule has 2 aliphatic rings. The lowest BCUT2D eigenvalue weighted by Crippen LogP contribution is -2.28. The third-order valence-electron chi connectivity index (χ3n) is 15.2. The van der Waals surface area contributed by atoms with Crippen LogP contribution in [-0.4, -0.2) is 0 Å². The largest absolute Gasteiger partial charge is 0.455 e. The van der Waals surface area contributed by atoms with Crippen molar-refractivity contribution in [3.05, 3.63) is 317 Å². The summed E-state index contributed by atoms with van der Waals surface area (Å²) in [5, 5.41) is 2.26. The van der Waals surface area contributed by atoms with Gasteiger partial charge in [0.2, 0.25) is 0 Å². The summed E-state index contributed by atoms with van der Waals surface area (Å²) in [6.45, 7) is 0. The van der Waals surface area contributed by atoms with Crippen LogP contribution >= 0.6 is 0 Å². The van der Waals surface area contributed by atoms with E-state index in [4.69, 9.17) is 4.42 Å². The number of hydrogen-bond acceptors (Lipinski definition) is 2. The molecular formula is C68H45NO. The number of anilines is 3. The highest BCUT2D eigenvalue weighted by Gasteiger charge is 2.48. The van der Waals surface area contributed by atoms with E-state index in [1.54, 1.807) is 0 Å². The highest BCUT2D eigenvalue weighted by molar-refractivity contribution is 6.09. The number of fused-ring (bicyclic) bond motifs is 9. The van der Waals surface area contributed by atoms with Crippen LogP contribution in [-0.2, 0) is 10.8 Å². The fourth-order valence-electron chi connectivity index (χ4n) is 12.4.